The number of unbranched alkanes of at least 4 members (excludes halogenated alkanes) is 1. The van der Waals surface area contributed by atoms with Crippen LogP contribution in [0.2, 0.25) is 0 Å². The van der Waals surface area contributed by atoms with Gasteiger partial charge in [-0.25, -0.2) is 0 Å². The first-order valence-corrected chi connectivity index (χ1v) is 11.9. The Morgan fingerprint density at radius 2 is 1.81 bits per heavy atom. The van der Waals surface area contributed by atoms with Gasteiger partial charge < -0.3 is 20.3 Å². The molecule has 3 aliphatic heterocycles. The van der Waals surface area contributed by atoms with Crippen LogP contribution in [0.1, 0.15) is 52.8 Å². The summed E-state index contributed by atoms with van der Waals surface area (Å²) in [5.41, 5.74) is 1.03. The molecule has 2 saturated heterocycles. The highest BCUT2D eigenvalue weighted by molar-refractivity contribution is 6.21. The van der Waals surface area contributed by atoms with Crippen molar-refractivity contribution >= 4 is 17.8 Å². The van der Waals surface area contributed by atoms with Gasteiger partial charge in [-0.15, -0.1) is 0 Å². The van der Waals surface area contributed by atoms with Gasteiger partial charge in [0.15, 0.2) is 5.96 Å². The second-order valence-electron chi connectivity index (χ2n) is 8.96. The maximum atomic E-state index is 12.4. The lowest BCUT2D eigenvalue weighted by molar-refractivity contribution is 0.0652. The van der Waals surface area contributed by atoms with E-state index < -0.39 is 0 Å². The van der Waals surface area contributed by atoms with E-state index in [-0.39, 0.29) is 11.8 Å². The van der Waals surface area contributed by atoms with Gasteiger partial charge >= 0.3 is 0 Å². The second-order valence-corrected chi connectivity index (χ2v) is 8.96. The number of hydrogen-bond donors (Lipinski definition) is 2. The first-order chi connectivity index (χ1) is 15.7. The molecule has 0 saturated carbocycles. The van der Waals surface area contributed by atoms with E-state index in [1.165, 1.54) is 11.3 Å². The summed E-state index contributed by atoms with van der Waals surface area (Å²) in [4.78, 5) is 33.1. The maximum absolute atomic E-state index is 12.4. The lowest BCUT2D eigenvalue weighted by atomic mass is 10.0. The van der Waals surface area contributed by atoms with E-state index in [0.717, 1.165) is 71.0 Å². The molecule has 0 aliphatic carbocycles. The van der Waals surface area contributed by atoms with Gasteiger partial charge in [0.1, 0.15) is 0 Å². The van der Waals surface area contributed by atoms with Gasteiger partial charge in [-0.05, 0) is 50.2 Å². The van der Waals surface area contributed by atoms with E-state index >= 15 is 0 Å². The average molecular weight is 442 g/mol. The number of benzene rings is 1. The molecule has 0 spiro atoms. The third kappa shape index (κ3) is 5.48. The second kappa shape index (κ2) is 10.9. The quantitative estimate of drug-likeness (QED) is 0.277. The number of carbonyl (C=O) groups is 2. The molecule has 2 N–H and O–H groups in total. The number of imide groups is 1. The number of fused-ring (bicyclic) bond motifs is 1. The van der Waals surface area contributed by atoms with Crippen molar-refractivity contribution in [3.05, 3.63) is 35.4 Å². The number of ether oxygens (including phenoxy) is 1. The molecule has 2 fully saturated rings. The fourth-order valence-electron chi connectivity index (χ4n) is 4.78. The highest BCUT2D eigenvalue weighted by Gasteiger charge is 2.34. The van der Waals surface area contributed by atoms with Gasteiger partial charge in [0, 0.05) is 52.4 Å². The fraction of sp³-hybridized carbons (Fsp3) is 0.625. The molecule has 0 aromatic heterocycles. The van der Waals surface area contributed by atoms with E-state index in [0.29, 0.717) is 29.6 Å². The smallest absolute Gasteiger partial charge is 0.261 e. The number of aliphatic imine (C=N–C) groups is 1. The highest BCUT2D eigenvalue weighted by Crippen LogP contribution is 2.22. The van der Waals surface area contributed by atoms with Gasteiger partial charge in [0.2, 0.25) is 0 Å². The normalized spacial score (nSPS) is 22.5. The summed E-state index contributed by atoms with van der Waals surface area (Å²) in [7, 11) is 1.79. The molecule has 4 rings (SSSR count). The van der Waals surface area contributed by atoms with E-state index in [9.17, 15) is 9.59 Å². The molecule has 1 aromatic rings. The number of piperidine rings is 1. The van der Waals surface area contributed by atoms with Gasteiger partial charge in [0.25, 0.3) is 11.8 Å². The molecular weight excluding hydrogens is 406 g/mol. The Labute approximate surface area is 190 Å². The van der Waals surface area contributed by atoms with Crippen LogP contribution >= 0.6 is 0 Å². The molecule has 8 nitrogen and oxygen atoms in total. The Morgan fingerprint density at radius 3 is 2.44 bits per heavy atom. The molecule has 1 aromatic carbocycles. The zero-order valence-corrected chi connectivity index (χ0v) is 19.0. The number of amides is 2. The highest BCUT2D eigenvalue weighted by atomic mass is 16.5. The van der Waals surface area contributed by atoms with Crippen molar-refractivity contribution < 1.29 is 14.3 Å². The summed E-state index contributed by atoms with van der Waals surface area (Å²) in [6.45, 7) is 6.43. The number of nitrogens with zero attached hydrogens (tertiary/aromatic N) is 3. The molecule has 0 bridgehead atoms. The van der Waals surface area contributed by atoms with Crippen molar-refractivity contribution in [2.75, 3.05) is 53.0 Å². The van der Waals surface area contributed by atoms with Crippen molar-refractivity contribution in [3.8, 4) is 0 Å². The fourth-order valence-corrected chi connectivity index (χ4v) is 4.78. The predicted molar refractivity (Wildman–Crippen MR) is 124 cm³/mol. The Morgan fingerprint density at radius 1 is 1.09 bits per heavy atom. The first-order valence-electron chi connectivity index (χ1n) is 11.9. The van der Waals surface area contributed by atoms with Crippen LogP contribution in [0.15, 0.2) is 29.3 Å². The van der Waals surface area contributed by atoms with Crippen molar-refractivity contribution in [1.82, 2.24) is 20.4 Å². The van der Waals surface area contributed by atoms with Crippen LogP contribution in [0.4, 0.5) is 0 Å². The Bertz CT molecular complexity index is 794. The summed E-state index contributed by atoms with van der Waals surface area (Å²) < 4.78 is 5.50. The molecule has 1 unspecified atom stereocenters. The minimum absolute atomic E-state index is 0.178. The summed E-state index contributed by atoms with van der Waals surface area (Å²) in [6, 6.07) is 7.48. The van der Waals surface area contributed by atoms with Crippen LogP contribution < -0.4 is 10.6 Å². The lowest BCUT2D eigenvalue weighted by Crippen LogP contribution is -2.49. The Balaban J connectivity index is 1.11. The number of likely N-dealkylation sites (tertiary alicyclic amines) is 1. The molecule has 3 heterocycles. The molecule has 0 radical (unpaired) electrons. The summed E-state index contributed by atoms with van der Waals surface area (Å²) in [6.07, 6.45) is 5.05. The molecule has 8 heteroatoms. The number of hydrogen-bond acceptors (Lipinski definition) is 5. The van der Waals surface area contributed by atoms with Crippen molar-refractivity contribution in [3.63, 3.8) is 0 Å². The van der Waals surface area contributed by atoms with E-state index in [2.05, 4.69) is 20.5 Å². The maximum Gasteiger partial charge on any atom is 0.261 e. The van der Waals surface area contributed by atoms with Crippen molar-refractivity contribution in [1.29, 1.82) is 0 Å². The Kier molecular flexibility index (Phi) is 7.76. The molecular formula is C24H35N5O3. The zero-order chi connectivity index (χ0) is 22.3. The van der Waals surface area contributed by atoms with Gasteiger partial charge in [-0.2, -0.15) is 0 Å². The minimum atomic E-state index is -0.178. The third-order valence-electron chi connectivity index (χ3n) is 6.67. The number of carbonyl (C=O) groups excluding carboxylic acids is 2. The molecule has 2 amide bonds. The first kappa shape index (κ1) is 22.7. The molecule has 1 atom stereocenters. The summed E-state index contributed by atoms with van der Waals surface area (Å²) in [5, 5.41) is 6.92. The van der Waals surface area contributed by atoms with E-state index in [1.54, 1.807) is 31.3 Å². The number of guanidine groups is 1. The number of rotatable bonds is 8. The summed E-state index contributed by atoms with van der Waals surface area (Å²) >= 11 is 0. The van der Waals surface area contributed by atoms with Crippen LogP contribution in [0, 0.1) is 5.92 Å². The van der Waals surface area contributed by atoms with Gasteiger partial charge in [-0.1, -0.05) is 12.1 Å². The minimum Gasteiger partial charge on any atom is -0.381 e. The monoisotopic (exact) mass is 441 g/mol. The Hall–Kier alpha value is -2.45. The van der Waals surface area contributed by atoms with Crippen molar-refractivity contribution in [2.24, 2.45) is 10.9 Å². The van der Waals surface area contributed by atoms with E-state index in [4.69, 9.17) is 4.74 Å². The van der Waals surface area contributed by atoms with Gasteiger partial charge in [-0.3, -0.25) is 19.5 Å². The van der Waals surface area contributed by atoms with Crippen LogP contribution in [0.25, 0.3) is 0 Å². The third-order valence-corrected chi connectivity index (χ3v) is 6.67. The van der Waals surface area contributed by atoms with Crippen LogP contribution in [0.5, 0.6) is 0 Å². The molecule has 32 heavy (non-hydrogen) atoms. The van der Waals surface area contributed by atoms with Gasteiger partial charge in [0.05, 0.1) is 17.7 Å². The van der Waals surface area contributed by atoms with Crippen LogP contribution in [-0.4, -0.2) is 86.6 Å². The average Bonchev–Trinajstić information content (AvgIpc) is 3.41. The van der Waals surface area contributed by atoms with Crippen LogP contribution in [0.3, 0.4) is 0 Å². The standard InChI is InChI=1S/C24H35N5O3/c1-25-24(27-19-8-13-28(14-9-19)16-18-10-15-32-17-18)26-11-4-5-12-29-22(30)20-6-2-3-7-21(20)23(29)31/h2-3,6-7,18-19H,4-5,8-17H2,1H3,(H2,25,26,27). The zero-order valence-electron chi connectivity index (χ0n) is 19.0. The largest absolute Gasteiger partial charge is 0.381 e. The molecule has 3 aliphatic rings. The van der Waals surface area contributed by atoms with Crippen LogP contribution in [-0.2, 0) is 4.74 Å². The predicted octanol–water partition coefficient (Wildman–Crippen LogP) is 1.73. The van der Waals surface area contributed by atoms with E-state index in [1.807, 2.05) is 0 Å². The number of nitrogens with one attached hydrogen (secondary N) is 2. The lowest BCUT2D eigenvalue weighted by Gasteiger charge is -2.34. The topological polar surface area (TPSA) is 86.3 Å². The molecule has 174 valence electrons. The summed E-state index contributed by atoms with van der Waals surface area (Å²) in [5.74, 6) is 1.17. The SMILES string of the molecule is CN=C(NCCCCN1C(=O)c2ccccc2C1=O)NC1CCN(CC2CCOC2)CC1. The van der Waals surface area contributed by atoms with Crippen molar-refractivity contribution in [2.45, 2.75) is 38.1 Å².